The predicted octanol–water partition coefficient (Wildman–Crippen LogP) is 3.84. The summed E-state index contributed by atoms with van der Waals surface area (Å²) in [6.07, 6.45) is 11.6. The van der Waals surface area contributed by atoms with Crippen molar-refractivity contribution in [2.45, 2.75) is 44.9 Å². The Labute approximate surface area is 103 Å². The van der Waals surface area contributed by atoms with Crippen LogP contribution < -0.4 is 0 Å². The van der Waals surface area contributed by atoms with Crippen molar-refractivity contribution in [3.8, 4) is 0 Å². The summed E-state index contributed by atoms with van der Waals surface area (Å²) in [7, 11) is 0. The summed E-state index contributed by atoms with van der Waals surface area (Å²) >= 11 is 5.61. The molecule has 0 heterocycles. The molecule has 2 atom stereocenters. The predicted molar refractivity (Wildman–Crippen MR) is 66.8 cm³/mol. The van der Waals surface area contributed by atoms with Crippen LogP contribution in [-0.4, -0.2) is 17.0 Å². The topological polar surface area (TPSA) is 37.3 Å². The monoisotopic (exact) mass is 244 g/mol. The Balaban J connectivity index is 2.04. The molecule has 2 nitrogen and oxygen atoms in total. The Morgan fingerprint density at radius 3 is 2.56 bits per heavy atom. The maximum Gasteiger partial charge on any atom is 0.303 e. The minimum atomic E-state index is -0.683. The average molecular weight is 245 g/mol. The molecule has 1 rings (SSSR count). The van der Waals surface area contributed by atoms with E-state index in [1.54, 1.807) is 0 Å². The van der Waals surface area contributed by atoms with Crippen LogP contribution in [0, 0.1) is 11.8 Å². The third-order valence-corrected chi connectivity index (χ3v) is 3.42. The zero-order valence-corrected chi connectivity index (χ0v) is 10.5. The first kappa shape index (κ1) is 13.6. The van der Waals surface area contributed by atoms with Crippen molar-refractivity contribution in [2.75, 3.05) is 5.88 Å². The number of aliphatic carboxylic acids is 1. The number of unbranched alkanes of at least 4 members (excludes halogenated alkanes) is 3. The molecule has 0 radical (unpaired) electrons. The molecule has 1 aliphatic carbocycles. The van der Waals surface area contributed by atoms with E-state index in [0.717, 1.165) is 18.7 Å². The number of hydrogen-bond acceptors (Lipinski definition) is 1. The second kappa shape index (κ2) is 7.72. The molecule has 92 valence electrons. The lowest BCUT2D eigenvalue weighted by Gasteiger charge is -2.10. The van der Waals surface area contributed by atoms with Gasteiger partial charge in [0, 0.05) is 5.88 Å². The Hall–Kier alpha value is -0.500. The smallest absolute Gasteiger partial charge is 0.303 e. The van der Waals surface area contributed by atoms with Gasteiger partial charge in [0.15, 0.2) is 0 Å². The highest BCUT2D eigenvalue weighted by Gasteiger charge is 2.20. The quantitative estimate of drug-likeness (QED) is 0.400. The van der Waals surface area contributed by atoms with Gasteiger partial charge < -0.3 is 5.11 Å². The minimum Gasteiger partial charge on any atom is -0.481 e. The molecule has 0 spiro atoms. The number of carboxylic acid groups (broad SMARTS) is 1. The van der Waals surface area contributed by atoms with E-state index >= 15 is 0 Å². The van der Waals surface area contributed by atoms with Crippen LogP contribution in [0.3, 0.4) is 0 Å². The van der Waals surface area contributed by atoms with E-state index in [1.807, 2.05) is 0 Å². The van der Waals surface area contributed by atoms with Crippen LogP contribution in [0.5, 0.6) is 0 Å². The number of alkyl halides is 1. The summed E-state index contributed by atoms with van der Waals surface area (Å²) in [5.41, 5.74) is 0. The summed E-state index contributed by atoms with van der Waals surface area (Å²) in [5, 5.41) is 8.69. The molecule has 1 N–H and O–H groups in total. The Bertz CT molecular complexity index is 238. The van der Waals surface area contributed by atoms with E-state index in [9.17, 15) is 4.79 Å². The first-order chi connectivity index (χ1) is 7.72. The van der Waals surface area contributed by atoms with Gasteiger partial charge in [0.1, 0.15) is 0 Å². The molecule has 0 unspecified atom stereocenters. The zero-order chi connectivity index (χ0) is 11.8. The number of carboxylic acids is 1. The molecule has 0 aromatic carbocycles. The summed E-state index contributed by atoms with van der Waals surface area (Å²) in [6, 6.07) is 0. The lowest BCUT2D eigenvalue weighted by atomic mass is 9.96. The number of hydrogen-bond donors (Lipinski definition) is 1. The average Bonchev–Trinajstić information content (AvgIpc) is 2.64. The van der Waals surface area contributed by atoms with Crippen LogP contribution in [0.1, 0.15) is 44.9 Å². The van der Waals surface area contributed by atoms with E-state index in [0.29, 0.717) is 12.3 Å². The molecule has 3 heteroatoms. The van der Waals surface area contributed by atoms with Crippen molar-refractivity contribution in [1.29, 1.82) is 0 Å². The van der Waals surface area contributed by atoms with Crippen LogP contribution in [0.2, 0.25) is 0 Å². The minimum absolute atomic E-state index is 0.269. The maximum atomic E-state index is 10.5. The third-order valence-electron chi connectivity index (χ3n) is 3.16. The van der Waals surface area contributed by atoms with E-state index in [-0.39, 0.29) is 5.92 Å². The van der Waals surface area contributed by atoms with Crippen LogP contribution >= 0.6 is 11.6 Å². The molecule has 0 aromatic heterocycles. The number of allylic oxidation sites excluding steroid dienone is 2. The second-order valence-electron chi connectivity index (χ2n) is 4.63. The maximum absolute atomic E-state index is 10.5. The van der Waals surface area contributed by atoms with Crippen LogP contribution in [0.4, 0.5) is 0 Å². The van der Waals surface area contributed by atoms with Gasteiger partial charge in [-0.3, -0.25) is 4.79 Å². The van der Waals surface area contributed by atoms with Crippen molar-refractivity contribution >= 4 is 17.6 Å². The fourth-order valence-corrected chi connectivity index (χ4v) is 2.49. The van der Waals surface area contributed by atoms with Gasteiger partial charge in [-0.05, 0) is 31.1 Å². The van der Waals surface area contributed by atoms with Gasteiger partial charge in [0.25, 0.3) is 0 Å². The second-order valence-corrected chi connectivity index (χ2v) is 5.01. The molecular weight excluding hydrogens is 224 g/mol. The largest absolute Gasteiger partial charge is 0.481 e. The van der Waals surface area contributed by atoms with Crippen molar-refractivity contribution in [2.24, 2.45) is 11.8 Å². The highest BCUT2D eigenvalue weighted by molar-refractivity contribution is 6.17. The molecule has 0 saturated carbocycles. The summed E-state index contributed by atoms with van der Waals surface area (Å²) in [6.45, 7) is 0. The Morgan fingerprint density at radius 1 is 1.19 bits per heavy atom. The Morgan fingerprint density at radius 2 is 1.88 bits per heavy atom. The molecule has 16 heavy (non-hydrogen) atoms. The van der Waals surface area contributed by atoms with Crippen LogP contribution in [0.15, 0.2) is 12.2 Å². The van der Waals surface area contributed by atoms with E-state index in [1.165, 1.54) is 25.7 Å². The van der Waals surface area contributed by atoms with Crippen molar-refractivity contribution < 1.29 is 9.90 Å². The van der Waals surface area contributed by atoms with Crippen LogP contribution in [0.25, 0.3) is 0 Å². The van der Waals surface area contributed by atoms with Gasteiger partial charge in [0.2, 0.25) is 0 Å². The highest BCUT2D eigenvalue weighted by Crippen LogP contribution is 2.29. The SMILES string of the molecule is O=C(O)C[C@@H]1C=C[C@H](CCCCCCCl)C1. The molecule has 1 aliphatic rings. The first-order valence-electron chi connectivity index (χ1n) is 6.18. The highest BCUT2D eigenvalue weighted by atomic mass is 35.5. The van der Waals surface area contributed by atoms with Gasteiger partial charge in [-0.2, -0.15) is 0 Å². The lowest BCUT2D eigenvalue weighted by molar-refractivity contribution is -0.137. The van der Waals surface area contributed by atoms with Gasteiger partial charge in [-0.15, -0.1) is 11.6 Å². The lowest BCUT2D eigenvalue weighted by Crippen LogP contribution is -2.05. The molecule has 0 saturated heterocycles. The van der Waals surface area contributed by atoms with Crippen molar-refractivity contribution in [3.63, 3.8) is 0 Å². The van der Waals surface area contributed by atoms with Gasteiger partial charge in [-0.1, -0.05) is 31.4 Å². The molecule has 0 bridgehead atoms. The van der Waals surface area contributed by atoms with Crippen molar-refractivity contribution in [3.05, 3.63) is 12.2 Å². The molecule has 0 amide bonds. The van der Waals surface area contributed by atoms with E-state index in [2.05, 4.69) is 12.2 Å². The molecule has 0 aliphatic heterocycles. The van der Waals surface area contributed by atoms with Gasteiger partial charge in [-0.25, -0.2) is 0 Å². The van der Waals surface area contributed by atoms with Crippen molar-refractivity contribution in [1.82, 2.24) is 0 Å². The number of rotatable bonds is 8. The van der Waals surface area contributed by atoms with E-state index in [4.69, 9.17) is 16.7 Å². The Kier molecular flexibility index (Phi) is 6.55. The fourth-order valence-electron chi connectivity index (χ4n) is 2.30. The standard InChI is InChI=1S/C13H21ClO2/c14-8-4-2-1-3-5-11-6-7-12(9-11)10-13(15)16/h6-7,11-12H,1-5,8-10H2,(H,15,16)/t11-,12+/m0/s1. The number of carbonyl (C=O) groups is 1. The third kappa shape index (κ3) is 5.55. The van der Waals surface area contributed by atoms with E-state index < -0.39 is 5.97 Å². The molecule has 0 aromatic rings. The van der Waals surface area contributed by atoms with Crippen LogP contribution in [-0.2, 0) is 4.79 Å². The molecular formula is C13H21ClO2. The number of halogens is 1. The normalized spacial score (nSPS) is 23.8. The van der Waals surface area contributed by atoms with Gasteiger partial charge in [0.05, 0.1) is 6.42 Å². The first-order valence-corrected chi connectivity index (χ1v) is 6.72. The fraction of sp³-hybridized carbons (Fsp3) is 0.769. The summed E-state index contributed by atoms with van der Waals surface area (Å²) in [4.78, 5) is 10.5. The summed E-state index contributed by atoms with van der Waals surface area (Å²) < 4.78 is 0. The van der Waals surface area contributed by atoms with Gasteiger partial charge >= 0.3 is 5.97 Å². The molecule has 0 fully saturated rings. The summed E-state index contributed by atoms with van der Waals surface area (Å²) in [5.74, 6) is 0.965. The zero-order valence-electron chi connectivity index (χ0n) is 9.70.